The van der Waals surface area contributed by atoms with Gasteiger partial charge in [-0.25, -0.2) is 4.79 Å². The minimum Gasteiger partial charge on any atom is -0.508 e. The number of phenolic OH excluding ortho intramolecular Hbond substituents is 1. The van der Waals surface area contributed by atoms with Crippen LogP contribution in [-0.2, 0) is 10.6 Å². The number of alkyl halides is 1. The lowest BCUT2D eigenvalue weighted by molar-refractivity contribution is 0.0636. The molecule has 0 saturated heterocycles. The Labute approximate surface area is 106 Å². The van der Waals surface area contributed by atoms with Gasteiger partial charge in [-0.15, -0.1) is 11.6 Å². The second kappa shape index (κ2) is 5.27. The summed E-state index contributed by atoms with van der Waals surface area (Å²) in [5, 5.41) is 12.1. The monoisotopic (exact) mass is 257 g/mol. The van der Waals surface area contributed by atoms with Crippen molar-refractivity contribution in [3.63, 3.8) is 0 Å². The highest BCUT2D eigenvalue weighted by Gasteiger charge is 2.16. The van der Waals surface area contributed by atoms with Gasteiger partial charge < -0.3 is 9.84 Å². The molecule has 0 spiro atoms. The molecule has 1 rings (SSSR count). The summed E-state index contributed by atoms with van der Waals surface area (Å²) < 4.78 is 5.08. The standard InChI is InChI=1S/C12H16ClNO3/c1-12(2,3)17-11(16)14-9-5-4-8(7-13)10(15)6-9/h4-6,15H,7H2,1-3H3,(H,14,16). The molecule has 0 bridgehead atoms. The molecular formula is C12H16ClNO3. The van der Waals surface area contributed by atoms with Crippen LogP contribution in [0.5, 0.6) is 5.75 Å². The molecule has 0 aliphatic heterocycles. The Morgan fingerprint density at radius 1 is 1.47 bits per heavy atom. The second-order valence-corrected chi connectivity index (χ2v) is 4.87. The zero-order valence-corrected chi connectivity index (χ0v) is 10.8. The van der Waals surface area contributed by atoms with E-state index in [0.29, 0.717) is 11.3 Å². The molecule has 0 saturated carbocycles. The summed E-state index contributed by atoms with van der Waals surface area (Å²) in [5.74, 6) is 0.270. The zero-order valence-electron chi connectivity index (χ0n) is 10.1. The Kier molecular flexibility index (Phi) is 4.23. The predicted molar refractivity (Wildman–Crippen MR) is 67.5 cm³/mol. The molecule has 1 aromatic rings. The molecule has 17 heavy (non-hydrogen) atoms. The highest BCUT2D eigenvalue weighted by Crippen LogP contribution is 2.23. The second-order valence-electron chi connectivity index (χ2n) is 4.60. The zero-order chi connectivity index (χ0) is 13.1. The Hall–Kier alpha value is -1.42. The van der Waals surface area contributed by atoms with Crippen LogP contribution >= 0.6 is 11.6 Å². The number of aromatic hydroxyl groups is 1. The van der Waals surface area contributed by atoms with Crippen molar-refractivity contribution >= 4 is 23.4 Å². The van der Waals surface area contributed by atoms with E-state index in [-0.39, 0.29) is 11.6 Å². The number of carbonyl (C=O) groups is 1. The summed E-state index contributed by atoms with van der Waals surface area (Å²) in [7, 11) is 0. The van der Waals surface area contributed by atoms with Gasteiger partial charge in [0.1, 0.15) is 11.4 Å². The van der Waals surface area contributed by atoms with E-state index in [1.807, 2.05) is 0 Å². The normalized spacial score (nSPS) is 11.1. The number of halogens is 1. The first kappa shape index (κ1) is 13.6. The Balaban J connectivity index is 2.69. The van der Waals surface area contributed by atoms with Gasteiger partial charge in [0.05, 0.1) is 5.88 Å². The van der Waals surface area contributed by atoms with Crippen LogP contribution < -0.4 is 5.32 Å². The summed E-state index contributed by atoms with van der Waals surface area (Å²) >= 11 is 5.61. The van der Waals surface area contributed by atoms with Crippen molar-refractivity contribution in [3.05, 3.63) is 23.8 Å². The fourth-order valence-corrected chi connectivity index (χ4v) is 1.40. The molecule has 0 fully saturated rings. The van der Waals surface area contributed by atoms with Gasteiger partial charge in [0.25, 0.3) is 0 Å². The Morgan fingerprint density at radius 2 is 2.12 bits per heavy atom. The van der Waals surface area contributed by atoms with E-state index in [1.165, 1.54) is 6.07 Å². The van der Waals surface area contributed by atoms with E-state index in [4.69, 9.17) is 16.3 Å². The lowest BCUT2D eigenvalue weighted by Gasteiger charge is -2.19. The van der Waals surface area contributed by atoms with Crippen molar-refractivity contribution in [3.8, 4) is 5.75 Å². The van der Waals surface area contributed by atoms with Crippen molar-refractivity contribution in [2.75, 3.05) is 5.32 Å². The van der Waals surface area contributed by atoms with Gasteiger partial charge >= 0.3 is 6.09 Å². The lowest BCUT2D eigenvalue weighted by atomic mass is 10.2. The maximum absolute atomic E-state index is 11.5. The number of anilines is 1. The molecule has 4 nitrogen and oxygen atoms in total. The first-order chi connectivity index (χ1) is 7.81. The van der Waals surface area contributed by atoms with Gasteiger partial charge in [0.2, 0.25) is 0 Å². The number of hydrogen-bond acceptors (Lipinski definition) is 3. The molecule has 0 atom stereocenters. The van der Waals surface area contributed by atoms with E-state index >= 15 is 0 Å². The van der Waals surface area contributed by atoms with Gasteiger partial charge in [-0.3, -0.25) is 5.32 Å². The average molecular weight is 258 g/mol. The highest BCUT2D eigenvalue weighted by molar-refractivity contribution is 6.17. The van der Waals surface area contributed by atoms with Crippen LogP contribution in [0.25, 0.3) is 0 Å². The summed E-state index contributed by atoms with van der Waals surface area (Å²) in [5.41, 5.74) is 0.523. The van der Waals surface area contributed by atoms with E-state index < -0.39 is 11.7 Å². The summed E-state index contributed by atoms with van der Waals surface area (Å²) in [6.45, 7) is 5.34. The van der Waals surface area contributed by atoms with Crippen LogP contribution in [0.1, 0.15) is 26.3 Å². The van der Waals surface area contributed by atoms with Gasteiger partial charge in [0, 0.05) is 17.3 Å². The van der Waals surface area contributed by atoms with Crippen molar-refractivity contribution in [2.24, 2.45) is 0 Å². The summed E-state index contributed by atoms with van der Waals surface area (Å²) in [6.07, 6.45) is -0.560. The highest BCUT2D eigenvalue weighted by atomic mass is 35.5. The topological polar surface area (TPSA) is 58.6 Å². The summed E-state index contributed by atoms with van der Waals surface area (Å²) in [4.78, 5) is 11.5. The SMILES string of the molecule is CC(C)(C)OC(=O)Nc1ccc(CCl)c(O)c1. The number of amides is 1. The number of phenols is 1. The molecule has 0 aliphatic carbocycles. The molecule has 1 amide bonds. The van der Waals surface area contributed by atoms with Crippen molar-refractivity contribution in [1.82, 2.24) is 0 Å². The molecule has 2 N–H and O–H groups in total. The molecule has 0 heterocycles. The van der Waals surface area contributed by atoms with Crippen molar-refractivity contribution < 1.29 is 14.6 Å². The third-order valence-corrected chi connectivity index (χ3v) is 2.16. The summed E-state index contributed by atoms with van der Waals surface area (Å²) in [6, 6.07) is 4.73. The minimum absolute atomic E-state index is 0.0496. The van der Waals surface area contributed by atoms with E-state index in [0.717, 1.165) is 0 Å². The molecule has 1 aromatic carbocycles. The van der Waals surface area contributed by atoms with Gasteiger partial charge in [-0.05, 0) is 26.8 Å². The lowest BCUT2D eigenvalue weighted by Crippen LogP contribution is -2.27. The smallest absolute Gasteiger partial charge is 0.412 e. The van der Waals surface area contributed by atoms with Crippen LogP contribution in [0.15, 0.2) is 18.2 Å². The number of ether oxygens (including phenoxy) is 1. The third-order valence-electron chi connectivity index (χ3n) is 1.87. The number of benzene rings is 1. The molecule has 0 aromatic heterocycles. The van der Waals surface area contributed by atoms with E-state index in [2.05, 4.69) is 5.32 Å². The molecule has 0 aliphatic rings. The largest absolute Gasteiger partial charge is 0.508 e. The van der Waals surface area contributed by atoms with Crippen LogP contribution in [0.4, 0.5) is 10.5 Å². The number of rotatable bonds is 2. The Morgan fingerprint density at radius 3 is 2.59 bits per heavy atom. The number of carbonyl (C=O) groups excluding carboxylic acids is 1. The van der Waals surface area contributed by atoms with Crippen molar-refractivity contribution in [1.29, 1.82) is 0 Å². The number of nitrogens with one attached hydrogen (secondary N) is 1. The molecule has 0 unspecified atom stereocenters. The molecule has 94 valence electrons. The van der Waals surface area contributed by atoms with Gasteiger partial charge in [-0.1, -0.05) is 6.07 Å². The van der Waals surface area contributed by atoms with Gasteiger partial charge in [-0.2, -0.15) is 0 Å². The van der Waals surface area contributed by atoms with Crippen LogP contribution in [-0.4, -0.2) is 16.8 Å². The van der Waals surface area contributed by atoms with Gasteiger partial charge in [0.15, 0.2) is 0 Å². The maximum Gasteiger partial charge on any atom is 0.412 e. The average Bonchev–Trinajstić information content (AvgIpc) is 2.14. The molecule has 0 radical (unpaired) electrons. The van der Waals surface area contributed by atoms with Crippen LogP contribution in [0.2, 0.25) is 0 Å². The van der Waals surface area contributed by atoms with Crippen molar-refractivity contribution in [2.45, 2.75) is 32.3 Å². The number of hydrogen-bond donors (Lipinski definition) is 2. The predicted octanol–water partition coefficient (Wildman–Crippen LogP) is 3.48. The quantitative estimate of drug-likeness (QED) is 0.798. The van der Waals surface area contributed by atoms with Crippen LogP contribution in [0.3, 0.4) is 0 Å². The fraction of sp³-hybridized carbons (Fsp3) is 0.417. The first-order valence-electron chi connectivity index (χ1n) is 5.19. The van der Waals surface area contributed by atoms with Crippen LogP contribution in [0, 0.1) is 0 Å². The fourth-order valence-electron chi connectivity index (χ4n) is 1.18. The third kappa shape index (κ3) is 4.53. The first-order valence-corrected chi connectivity index (χ1v) is 5.73. The molecule has 5 heteroatoms. The minimum atomic E-state index is -0.560. The van der Waals surface area contributed by atoms with E-state index in [1.54, 1.807) is 32.9 Å². The maximum atomic E-state index is 11.5. The van der Waals surface area contributed by atoms with E-state index in [9.17, 15) is 9.90 Å². The molecular weight excluding hydrogens is 242 g/mol. The Bertz CT molecular complexity index is 413.